The molecule has 66 valence electrons. The lowest BCUT2D eigenvalue weighted by atomic mass is 10.2. The number of aromatic nitrogens is 2. The molecule has 0 spiro atoms. The van der Waals surface area contributed by atoms with E-state index >= 15 is 0 Å². The Balaban J connectivity index is 1.94. The normalized spacial score (nSPS) is 10.2. The first-order chi connectivity index (χ1) is 6.45. The molecule has 0 radical (unpaired) electrons. The number of benzene rings is 1. The van der Waals surface area contributed by atoms with Crippen LogP contribution in [0.2, 0.25) is 0 Å². The van der Waals surface area contributed by atoms with Crippen molar-refractivity contribution in [3.63, 3.8) is 0 Å². The van der Waals surface area contributed by atoms with Crippen molar-refractivity contribution in [3.05, 3.63) is 54.4 Å². The summed E-state index contributed by atoms with van der Waals surface area (Å²) in [5.41, 5.74) is 1.32. The summed E-state index contributed by atoms with van der Waals surface area (Å²) in [6.45, 7) is 0. The Hall–Kier alpha value is -1.22. The molecule has 0 saturated carbocycles. The smallest absolute Gasteiger partial charge is 0.0500 e. The largest absolute Gasteiger partial charge is 0.214 e. The quantitative estimate of drug-likeness (QED) is 0.740. The zero-order chi connectivity index (χ0) is 8.93. The summed E-state index contributed by atoms with van der Waals surface area (Å²) < 4.78 is 1.87. The fourth-order valence-electron chi connectivity index (χ4n) is 1.05. The first-order valence-corrected chi connectivity index (χ1v) is 5.06. The van der Waals surface area contributed by atoms with Crippen molar-refractivity contribution in [1.82, 2.24) is 9.19 Å². The summed E-state index contributed by atoms with van der Waals surface area (Å²) in [6, 6.07) is 12.3. The van der Waals surface area contributed by atoms with Gasteiger partial charge in [-0.15, -0.1) is 0 Å². The lowest BCUT2D eigenvalue weighted by Gasteiger charge is -1.99. The SMILES string of the molecule is c1ccc(CSn2cccn2)cc1. The van der Waals surface area contributed by atoms with Gasteiger partial charge >= 0.3 is 0 Å². The van der Waals surface area contributed by atoms with Crippen LogP contribution in [0.25, 0.3) is 0 Å². The molecule has 0 aliphatic carbocycles. The molecule has 3 heteroatoms. The Morgan fingerprint density at radius 3 is 2.69 bits per heavy atom. The zero-order valence-corrected chi connectivity index (χ0v) is 7.95. The molecule has 2 rings (SSSR count). The van der Waals surface area contributed by atoms with Crippen molar-refractivity contribution in [3.8, 4) is 0 Å². The number of rotatable bonds is 3. The minimum absolute atomic E-state index is 0.961. The highest BCUT2D eigenvalue weighted by molar-refractivity contribution is 7.96. The summed E-state index contributed by atoms with van der Waals surface area (Å²) in [5, 5.41) is 4.11. The van der Waals surface area contributed by atoms with Crippen LogP contribution in [0.5, 0.6) is 0 Å². The average molecular weight is 190 g/mol. The molecule has 0 aliphatic heterocycles. The van der Waals surface area contributed by atoms with Crippen LogP contribution in [0, 0.1) is 0 Å². The van der Waals surface area contributed by atoms with E-state index in [0.717, 1.165) is 5.75 Å². The first-order valence-electron chi connectivity index (χ1n) is 4.12. The standard InChI is InChI=1S/C10H10N2S/c1-2-5-10(6-3-1)9-13-12-8-4-7-11-12/h1-8H,9H2. The number of hydrogen-bond donors (Lipinski definition) is 0. The monoisotopic (exact) mass is 190 g/mol. The molecule has 1 aromatic heterocycles. The second-order valence-corrected chi connectivity index (χ2v) is 3.59. The first kappa shape index (κ1) is 8.38. The second kappa shape index (κ2) is 4.14. The Morgan fingerprint density at radius 1 is 1.15 bits per heavy atom. The maximum absolute atomic E-state index is 4.11. The molecule has 0 N–H and O–H groups in total. The molecule has 0 saturated heterocycles. The lowest BCUT2D eigenvalue weighted by Crippen LogP contribution is -1.88. The van der Waals surface area contributed by atoms with Crippen molar-refractivity contribution in [1.29, 1.82) is 0 Å². The van der Waals surface area contributed by atoms with Crippen molar-refractivity contribution < 1.29 is 0 Å². The van der Waals surface area contributed by atoms with Gasteiger partial charge in [-0.25, -0.2) is 4.09 Å². The molecule has 2 nitrogen and oxygen atoms in total. The van der Waals surface area contributed by atoms with E-state index in [4.69, 9.17) is 0 Å². The second-order valence-electron chi connectivity index (χ2n) is 2.67. The van der Waals surface area contributed by atoms with Crippen LogP contribution >= 0.6 is 11.9 Å². The summed E-state index contributed by atoms with van der Waals surface area (Å²) in [4.78, 5) is 0. The average Bonchev–Trinajstić information content (AvgIpc) is 2.69. The highest BCUT2D eigenvalue weighted by Gasteiger charge is 1.93. The molecule has 1 heterocycles. The number of hydrogen-bond acceptors (Lipinski definition) is 2. The minimum atomic E-state index is 0.961. The highest BCUT2D eigenvalue weighted by atomic mass is 32.2. The van der Waals surface area contributed by atoms with Gasteiger partial charge in [0.1, 0.15) is 0 Å². The lowest BCUT2D eigenvalue weighted by molar-refractivity contribution is 1.01. The molecule has 0 unspecified atom stereocenters. The molecule has 2 aromatic rings. The summed E-state index contributed by atoms with van der Waals surface area (Å²) in [5.74, 6) is 0.961. The van der Waals surface area contributed by atoms with E-state index in [9.17, 15) is 0 Å². The van der Waals surface area contributed by atoms with Gasteiger partial charge in [0.15, 0.2) is 0 Å². The van der Waals surface area contributed by atoms with Crippen LogP contribution in [-0.4, -0.2) is 9.19 Å². The molecule has 1 aromatic carbocycles. The van der Waals surface area contributed by atoms with Gasteiger partial charge in [0.2, 0.25) is 0 Å². The van der Waals surface area contributed by atoms with Crippen molar-refractivity contribution in [2.24, 2.45) is 0 Å². The van der Waals surface area contributed by atoms with E-state index in [1.165, 1.54) is 5.56 Å². The van der Waals surface area contributed by atoms with Crippen molar-refractivity contribution >= 4 is 11.9 Å². The van der Waals surface area contributed by atoms with Crippen LogP contribution in [0.3, 0.4) is 0 Å². The Kier molecular flexibility index (Phi) is 2.67. The molecule has 0 amide bonds. The molecule has 0 aliphatic rings. The van der Waals surface area contributed by atoms with E-state index in [2.05, 4.69) is 29.4 Å². The van der Waals surface area contributed by atoms with Gasteiger partial charge in [-0.05, 0) is 23.6 Å². The fourth-order valence-corrected chi connectivity index (χ4v) is 1.80. The van der Waals surface area contributed by atoms with Crippen LogP contribution in [0.15, 0.2) is 48.8 Å². The summed E-state index contributed by atoms with van der Waals surface area (Å²) >= 11 is 1.69. The van der Waals surface area contributed by atoms with Gasteiger partial charge in [0.25, 0.3) is 0 Å². The van der Waals surface area contributed by atoms with Crippen LogP contribution in [0.4, 0.5) is 0 Å². The molecule has 0 atom stereocenters. The van der Waals surface area contributed by atoms with Crippen LogP contribution in [-0.2, 0) is 5.75 Å². The summed E-state index contributed by atoms with van der Waals surface area (Å²) in [6.07, 6.45) is 3.74. The molecule has 0 fully saturated rings. The zero-order valence-electron chi connectivity index (χ0n) is 7.13. The van der Waals surface area contributed by atoms with E-state index < -0.39 is 0 Å². The van der Waals surface area contributed by atoms with Gasteiger partial charge in [0.05, 0.1) is 0 Å². The Labute approximate surface area is 81.7 Å². The Morgan fingerprint density at radius 2 is 2.00 bits per heavy atom. The van der Waals surface area contributed by atoms with Gasteiger partial charge in [-0.1, -0.05) is 30.3 Å². The molecular weight excluding hydrogens is 180 g/mol. The van der Waals surface area contributed by atoms with Gasteiger partial charge < -0.3 is 0 Å². The van der Waals surface area contributed by atoms with Gasteiger partial charge in [0, 0.05) is 18.1 Å². The maximum Gasteiger partial charge on any atom is 0.0500 e. The molecule has 0 bridgehead atoms. The van der Waals surface area contributed by atoms with Gasteiger partial charge in [-0.3, -0.25) is 0 Å². The van der Waals surface area contributed by atoms with Crippen LogP contribution < -0.4 is 0 Å². The van der Waals surface area contributed by atoms with Crippen molar-refractivity contribution in [2.45, 2.75) is 5.75 Å². The summed E-state index contributed by atoms with van der Waals surface area (Å²) in [7, 11) is 0. The van der Waals surface area contributed by atoms with E-state index in [1.807, 2.05) is 22.4 Å². The maximum atomic E-state index is 4.11. The molecule has 13 heavy (non-hydrogen) atoms. The number of nitrogens with zero attached hydrogens (tertiary/aromatic N) is 2. The predicted octanol–water partition coefficient (Wildman–Crippen LogP) is 2.58. The third-order valence-electron chi connectivity index (χ3n) is 1.69. The predicted molar refractivity (Wildman–Crippen MR) is 55.4 cm³/mol. The van der Waals surface area contributed by atoms with E-state index in [1.54, 1.807) is 18.1 Å². The fraction of sp³-hybridized carbons (Fsp3) is 0.100. The third kappa shape index (κ3) is 2.36. The van der Waals surface area contributed by atoms with Crippen molar-refractivity contribution in [2.75, 3.05) is 0 Å². The molecular formula is C10H10N2S. The van der Waals surface area contributed by atoms with E-state index in [-0.39, 0.29) is 0 Å². The minimum Gasteiger partial charge on any atom is -0.214 e. The van der Waals surface area contributed by atoms with Gasteiger partial charge in [-0.2, -0.15) is 5.10 Å². The topological polar surface area (TPSA) is 17.8 Å². The Bertz CT molecular complexity index is 342. The van der Waals surface area contributed by atoms with Crippen LogP contribution in [0.1, 0.15) is 5.56 Å². The third-order valence-corrected chi connectivity index (χ3v) is 2.63. The van der Waals surface area contributed by atoms with E-state index in [0.29, 0.717) is 0 Å². The highest BCUT2D eigenvalue weighted by Crippen LogP contribution is 2.12.